The minimum Gasteiger partial charge on any atom is -0.444 e. The summed E-state index contributed by atoms with van der Waals surface area (Å²) in [6, 6.07) is 0. The lowest BCUT2D eigenvalue weighted by molar-refractivity contribution is 0.0519. The summed E-state index contributed by atoms with van der Waals surface area (Å²) in [5.74, 6) is 1.45. The van der Waals surface area contributed by atoms with Crippen molar-refractivity contribution in [2.45, 2.75) is 45.6 Å². The summed E-state index contributed by atoms with van der Waals surface area (Å²) in [7, 11) is 0. The molecule has 0 aromatic carbocycles. The number of amides is 1. The first kappa shape index (κ1) is 13.3. The van der Waals surface area contributed by atoms with Crippen LogP contribution < -0.4 is 11.1 Å². The van der Waals surface area contributed by atoms with Crippen LogP contribution in [0.4, 0.5) is 4.79 Å². The van der Waals surface area contributed by atoms with Crippen LogP contribution in [0.2, 0.25) is 0 Å². The van der Waals surface area contributed by atoms with Gasteiger partial charge in [-0.3, -0.25) is 0 Å². The highest BCUT2D eigenvalue weighted by Crippen LogP contribution is 2.34. The molecule has 0 aliphatic heterocycles. The molecule has 4 nitrogen and oxygen atoms in total. The molecule has 0 saturated heterocycles. The monoisotopic (exact) mass is 228 g/mol. The number of hydrogen-bond acceptors (Lipinski definition) is 3. The molecule has 1 aliphatic carbocycles. The van der Waals surface area contributed by atoms with E-state index in [1.54, 1.807) is 0 Å². The Morgan fingerprint density at radius 2 is 2.00 bits per heavy atom. The largest absolute Gasteiger partial charge is 0.444 e. The molecular weight excluding hydrogens is 204 g/mol. The van der Waals surface area contributed by atoms with Crippen molar-refractivity contribution in [2.24, 2.45) is 17.6 Å². The van der Waals surface area contributed by atoms with Crippen molar-refractivity contribution in [3.63, 3.8) is 0 Å². The van der Waals surface area contributed by atoms with Gasteiger partial charge in [0.25, 0.3) is 0 Å². The van der Waals surface area contributed by atoms with Gasteiger partial charge in [0.2, 0.25) is 0 Å². The average molecular weight is 228 g/mol. The molecule has 0 heterocycles. The number of hydrogen-bond donors (Lipinski definition) is 2. The highest BCUT2D eigenvalue weighted by Gasteiger charge is 2.27. The molecule has 0 aromatic rings. The molecule has 0 atom stereocenters. The van der Waals surface area contributed by atoms with Crippen molar-refractivity contribution in [3.05, 3.63) is 0 Å². The van der Waals surface area contributed by atoms with Crippen LogP contribution >= 0.6 is 0 Å². The van der Waals surface area contributed by atoms with E-state index in [9.17, 15) is 4.79 Å². The van der Waals surface area contributed by atoms with Crippen LogP contribution in [0.25, 0.3) is 0 Å². The van der Waals surface area contributed by atoms with Gasteiger partial charge in [-0.2, -0.15) is 0 Å². The standard InChI is InChI=1S/C12H24N2O2/c1-12(2,3)16-11(15)14-5-4-9-6-10(7-9)8-13/h9-10H,4-8,13H2,1-3H3,(H,14,15). The Balaban J connectivity index is 2.02. The first-order chi connectivity index (χ1) is 7.40. The second-order valence-corrected chi connectivity index (χ2v) is 5.66. The average Bonchev–Trinajstić information content (AvgIpc) is 2.05. The molecule has 16 heavy (non-hydrogen) atoms. The first-order valence-electron chi connectivity index (χ1n) is 6.07. The number of carbonyl (C=O) groups excluding carboxylic acids is 1. The summed E-state index contributed by atoms with van der Waals surface area (Å²) in [5.41, 5.74) is 5.14. The van der Waals surface area contributed by atoms with E-state index in [4.69, 9.17) is 10.5 Å². The molecule has 1 fully saturated rings. The molecule has 0 bridgehead atoms. The van der Waals surface area contributed by atoms with Crippen molar-refractivity contribution >= 4 is 6.09 Å². The summed E-state index contributed by atoms with van der Waals surface area (Å²) >= 11 is 0. The summed E-state index contributed by atoms with van der Waals surface area (Å²) in [6.07, 6.45) is 3.15. The van der Waals surface area contributed by atoms with E-state index in [1.165, 1.54) is 12.8 Å². The van der Waals surface area contributed by atoms with E-state index in [1.807, 2.05) is 20.8 Å². The number of nitrogens with two attached hydrogens (primary N) is 1. The van der Waals surface area contributed by atoms with Crippen LogP contribution in [0.1, 0.15) is 40.0 Å². The third-order valence-corrected chi connectivity index (χ3v) is 2.89. The van der Waals surface area contributed by atoms with Crippen molar-refractivity contribution < 1.29 is 9.53 Å². The number of ether oxygens (including phenoxy) is 1. The lowest BCUT2D eigenvalue weighted by atomic mass is 9.73. The smallest absolute Gasteiger partial charge is 0.407 e. The quantitative estimate of drug-likeness (QED) is 0.772. The van der Waals surface area contributed by atoms with Crippen LogP contribution in [0.3, 0.4) is 0 Å². The predicted octanol–water partition coefficient (Wildman–Crippen LogP) is 1.89. The Bertz CT molecular complexity index is 230. The van der Waals surface area contributed by atoms with Crippen LogP contribution in [0, 0.1) is 11.8 Å². The molecular formula is C12H24N2O2. The number of rotatable bonds is 4. The highest BCUT2D eigenvalue weighted by molar-refractivity contribution is 5.67. The Kier molecular flexibility index (Phi) is 4.59. The fraction of sp³-hybridized carbons (Fsp3) is 0.917. The molecule has 1 amide bonds. The molecule has 3 N–H and O–H groups in total. The van der Waals surface area contributed by atoms with Crippen molar-refractivity contribution in [2.75, 3.05) is 13.1 Å². The van der Waals surface area contributed by atoms with E-state index in [0.717, 1.165) is 18.9 Å². The van der Waals surface area contributed by atoms with Gasteiger partial charge in [0, 0.05) is 6.54 Å². The van der Waals surface area contributed by atoms with Gasteiger partial charge in [-0.1, -0.05) is 0 Å². The number of nitrogens with one attached hydrogen (secondary N) is 1. The third-order valence-electron chi connectivity index (χ3n) is 2.89. The van der Waals surface area contributed by atoms with Gasteiger partial charge in [-0.05, 0) is 58.4 Å². The third kappa shape index (κ3) is 4.84. The second kappa shape index (κ2) is 5.53. The van der Waals surface area contributed by atoms with Gasteiger partial charge >= 0.3 is 6.09 Å². The number of carbonyl (C=O) groups is 1. The lowest BCUT2D eigenvalue weighted by Crippen LogP contribution is -2.36. The second-order valence-electron chi connectivity index (χ2n) is 5.66. The van der Waals surface area contributed by atoms with Gasteiger partial charge < -0.3 is 15.8 Å². The molecule has 1 saturated carbocycles. The fourth-order valence-corrected chi connectivity index (χ4v) is 1.99. The van der Waals surface area contributed by atoms with Crippen LogP contribution in [0.15, 0.2) is 0 Å². The van der Waals surface area contributed by atoms with Gasteiger partial charge in [0.1, 0.15) is 5.60 Å². The Labute approximate surface area is 97.9 Å². The van der Waals surface area contributed by atoms with E-state index in [0.29, 0.717) is 12.5 Å². The minimum absolute atomic E-state index is 0.317. The van der Waals surface area contributed by atoms with E-state index < -0.39 is 5.60 Å². The first-order valence-corrected chi connectivity index (χ1v) is 6.07. The maximum Gasteiger partial charge on any atom is 0.407 e. The summed E-state index contributed by atoms with van der Waals surface area (Å²) < 4.78 is 5.14. The molecule has 1 rings (SSSR count). The van der Waals surface area contributed by atoms with Crippen LogP contribution in [0.5, 0.6) is 0 Å². The van der Waals surface area contributed by atoms with Crippen molar-refractivity contribution in [3.8, 4) is 0 Å². The van der Waals surface area contributed by atoms with Gasteiger partial charge in [-0.25, -0.2) is 4.79 Å². The molecule has 94 valence electrons. The van der Waals surface area contributed by atoms with E-state index in [-0.39, 0.29) is 6.09 Å². The maximum absolute atomic E-state index is 11.3. The predicted molar refractivity (Wildman–Crippen MR) is 64.1 cm³/mol. The normalized spacial score (nSPS) is 24.8. The SMILES string of the molecule is CC(C)(C)OC(=O)NCCC1CC(CN)C1. The lowest BCUT2D eigenvalue weighted by Gasteiger charge is -2.34. The molecule has 1 aliphatic rings. The Morgan fingerprint density at radius 1 is 1.38 bits per heavy atom. The fourth-order valence-electron chi connectivity index (χ4n) is 1.99. The van der Waals surface area contributed by atoms with Crippen molar-refractivity contribution in [1.82, 2.24) is 5.32 Å². The van der Waals surface area contributed by atoms with E-state index >= 15 is 0 Å². The van der Waals surface area contributed by atoms with Crippen LogP contribution in [-0.2, 0) is 4.74 Å². The summed E-state index contributed by atoms with van der Waals surface area (Å²) in [4.78, 5) is 11.3. The van der Waals surface area contributed by atoms with Gasteiger partial charge in [0.05, 0.1) is 0 Å². The van der Waals surface area contributed by atoms with Gasteiger partial charge in [-0.15, -0.1) is 0 Å². The Morgan fingerprint density at radius 3 is 2.50 bits per heavy atom. The summed E-state index contributed by atoms with van der Waals surface area (Å²) in [6.45, 7) is 7.10. The maximum atomic E-state index is 11.3. The number of alkyl carbamates (subject to hydrolysis) is 1. The van der Waals surface area contributed by atoms with Crippen molar-refractivity contribution in [1.29, 1.82) is 0 Å². The molecule has 0 spiro atoms. The van der Waals surface area contributed by atoms with E-state index in [2.05, 4.69) is 5.32 Å². The molecule has 0 unspecified atom stereocenters. The molecule has 4 heteroatoms. The highest BCUT2D eigenvalue weighted by atomic mass is 16.6. The zero-order valence-electron chi connectivity index (χ0n) is 10.6. The van der Waals surface area contributed by atoms with Gasteiger partial charge in [0.15, 0.2) is 0 Å². The van der Waals surface area contributed by atoms with Crippen LogP contribution in [-0.4, -0.2) is 24.8 Å². The summed E-state index contributed by atoms with van der Waals surface area (Å²) in [5, 5.41) is 2.78. The molecule has 0 aromatic heterocycles. The zero-order chi connectivity index (χ0) is 12.2. The molecule has 0 radical (unpaired) electrons. The topological polar surface area (TPSA) is 64.3 Å². The minimum atomic E-state index is -0.412. The zero-order valence-corrected chi connectivity index (χ0v) is 10.6. The Hall–Kier alpha value is -0.770.